The average Bonchev–Trinajstić information content (AvgIpc) is 3.48. The number of halogens is 6. The Balaban J connectivity index is 1.49. The molecule has 4 rings (SSSR count). The molecule has 13 heteroatoms. The Labute approximate surface area is 219 Å². The van der Waals surface area contributed by atoms with E-state index in [4.69, 9.17) is 16.3 Å². The Morgan fingerprint density at radius 2 is 1.92 bits per heavy atom. The summed E-state index contributed by atoms with van der Waals surface area (Å²) < 4.78 is 75.3. The third-order valence-corrected chi connectivity index (χ3v) is 6.54. The van der Waals surface area contributed by atoms with Gasteiger partial charge >= 0.3 is 6.18 Å². The lowest BCUT2D eigenvalue weighted by molar-refractivity contribution is -0.142. The first-order valence-corrected chi connectivity index (χ1v) is 12.3. The number of nitrogens with zero attached hydrogens (tertiary/aromatic N) is 3. The second-order valence-electron chi connectivity index (χ2n) is 9.03. The molecule has 1 aliphatic heterocycles. The molecule has 0 saturated carbocycles. The number of benzene rings is 1. The molecule has 1 saturated heterocycles. The number of carbonyl (C=O) groups is 1. The van der Waals surface area contributed by atoms with Crippen molar-refractivity contribution in [1.82, 2.24) is 19.4 Å². The van der Waals surface area contributed by atoms with Gasteiger partial charge in [-0.1, -0.05) is 0 Å². The number of aryl methyl sites for hydroxylation is 1. The number of imidazole rings is 1. The second kappa shape index (κ2) is 10.9. The summed E-state index contributed by atoms with van der Waals surface area (Å²) in [6, 6.07) is 3.65. The number of rotatable bonds is 7. The van der Waals surface area contributed by atoms with E-state index in [1.54, 1.807) is 24.6 Å². The van der Waals surface area contributed by atoms with Crippen LogP contribution in [0.4, 0.5) is 22.0 Å². The number of aromatic nitrogens is 3. The van der Waals surface area contributed by atoms with Crippen molar-refractivity contribution in [3.05, 3.63) is 81.3 Å². The molecule has 3 aromatic rings. The number of nitrogens with one attached hydrogen (secondary N) is 1. The van der Waals surface area contributed by atoms with E-state index in [1.807, 2.05) is 0 Å². The van der Waals surface area contributed by atoms with Crippen LogP contribution in [-0.4, -0.2) is 38.1 Å². The summed E-state index contributed by atoms with van der Waals surface area (Å²) in [5.74, 6) is -3.91. The topological polar surface area (TPSA) is 78.2 Å². The molecule has 204 valence electrons. The molecule has 1 N–H and O–H groups in total. The number of ether oxygens (including phenoxy) is 1. The van der Waals surface area contributed by atoms with E-state index in [1.165, 1.54) is 23.0 Å². The summed E-state index contributed by atoms with van der Waals surface area (Å²) in [6.07, 6.45) is -2.77. The fourth-order valence-corrected chi connectivity index (χ4v) is 4.69. The second-order valence-corrected chi connectivity index (χ2v) is 9.41. The Bertz CT molecular complexity index is 1380. The number of carbonyl (C=O) groups excluding carboxylic acids is 1. The van der Waals surface area contributed by atoms with Crippen molar-refractivity contribution in [1.29, 1.82) is 0 Å². The molecule has 38 heavy (non-hydrogen) atoms. The number of hydrogen-bond donors (Lipinski definition) is 1. The van der Waals surface area contributed by atoms with Gasteiger partial charge in [-0.15, -0.1) is 11.6 Å². The largest absolute Gasteiger partial charge is 0.422 e. The quantitative estimate of drug-likeness (QED) is 0.330. The summed E-state index contributed by atoms with van der Waals surface area (Å²) in [7, 11) is 0. The van der Waals surface area contributed by atoms with Crippen molar-refractivity contribution in [2.24, 2.45) is 0 Å². The van der Waals surface area contributed by atoms with Crippen LogP contribution in [-0.2, 0) is 17.5 Å². The molecular formula is C25H24ClF5N4O3. The molecule has 3 atom stereocenters. The van der Waals surface area contributed by atoms with Crippen molar-refractivity contribution in [3.8, 4) is 5.69 Å². The SMILES string of the molecule is Cc1cn(-c2ccc(C(=O)N[C@@H](C)[C@@H]3CC[C@H](c4cc(F)c(C(F)(F)F)c(F)c4)O3)n(CCCl)c2=O)cn1. The zero-order chi connectivity index (χ0) is 27.8. The molecule has 1 aromatic carbocycles. The van der Waals surface area contributed by atoms with Crippen molar-refractivity contribution < 1.29 is 31.5 Å². The highest BCUT2D eigenvalue weighted by atomic mass is 35.5. The van der Waals surface area contributed by atoms with Crippen molar-refractivity contribution in [2.45, 2.75) is 57.7 Å². The summed E-state index contributed by atoms with van der Waals surface area (Å²) >= 11 is 5.88. The van der Waals surface area contributed by atoms with Gasteiger partial charge in [0.2, 0.25) is 0 Å². The van der Waals surface area contributed by atoms with E-state index in [9.17, 15) is 31.5 Å². The molecule has 7 nitrogen and oxygen atoms in total. The highest BCUT2D eigenvalue weighted by molar-refractivity contribution is 6.17. The molecule has 1 fully saturated rings. The van der Waals surface area contributed by atoms with E-state index in [-0.39, 0.29) is 30.1 Å². The van der Waals surface area contributed by atoms with E-state index in [0.717, 1.165) is 0 Å². The first-order valence-electron chi connectivity index (χ1n) is 11.7. The smallest absolute Gasteiger partial charge is 0.368 e. The summed E-state index contributed by atoms with van der Waals surface area (Å²) in [4.78, 5) is 30.3. The molecule has 2 aromatic heterocycles. The van der Waals surface area contributed by atoms with Gasteiger partial charge in [0.05, 0.1) is 30.3 Å². The minimum Gasteiger partial charge on any atom is -0.368 e. The van der Waals surface area contributed by atoms with Gasteiger partial charge in [0.15, 0.2) is 0 Å². The van der Waals surface area contributed by atoms with Gasteiger partial charge in [-0.05, 0) is 56.5 Å². The van der Waals surface area contributed by atoms with E-state index in [0.29, 0.717) is 29.9 Å². The predicted octanol–water partition coefficient (Wildman–Crippen LogP) is 4.92. The van der Waals surface area contributed by atoms with Gasteiger partial charge in [0.25, 0.3) is 11.5 Å². The molecule has 0 aliphatic carbocycles. The Hall–Kier alpha value is -3.25. The van der Waals surface area contributed by atoms with Crippen LogP contribution < -0.4 is 10.9 Å². The van der Waals surface area contributed by atoms with Gasteiger partial charge in [0.1, 0.15) is 28.6 Å². The molecular weight excluding hydrogens is 535 g/mol. The van der Waals surface area contributed by atoms with E-state index < -0.39 is 53.1 Å². The van der Waals surface area contributed by atoms with Crippen LogP contribution in [0.2, 0.25) is 0 Å². The van der Waals surface area contributed by atoms with Crippen molar-refractivity contribution >= 4 is 17.5 Å². The van der Waals surface area contributed by atoms with Crippen molar-refractivity contribution in [3.63, 3.8) is 0 Å². The predicted molar refractivity (Wildman–Crippen MR) is 128 cm³/mol. The number of pyridine rings is 1. The third kappa shape index (κ3) is 5.60. The highest BCUT2D eigenvalue weighted by Gasteiger charge is 2.39. The van der Waals surface area contributed by atoms with Gasteiger partial charge in [-0.25, -0.2) is 13.8 Å². The number of hydrogen-bond acceptors (Lipinski definition) is 4. The van der Waals surface area contributed by atoms with Crippen molar-refractivity contribution in [2.75, 3.05) is 5.88 Å². The fourth-order valence-electron chi connectivity index (χ4n) is 4.52. The molecule has 0 spiro atoms. The zero-order valence-electron chi connectivity index (χ0n) is 20.4. The average molecular weight is 559 g/mol. The Morgan fingerprint density at radius 1 is 1.24 bits per heavy atom. The normalized spacial score (nSPS) is 18.5. The Kier molecular flexibility index (Phi) is 7.93. The lowest BCUT2D eigenvalue weighted by Gasteiger charge is -2.23. The Morgan fingerprint density at radius 3 is 2.50 bits per heavy atom. The molecule has 0 radical (unpaired) electrons. The van der Waals surface area contributed by atoms with Gasteiger partial charge in [-0.3, -0.25) is 9.59 Å². The summed E-state index contributed by atoms with van der Waals surface area (Å²) in [6.45, 7) is 3.51. The lowest BCUT2D eigenvalue weighted by Crippen LogP contribution is -2.43. The van der Waals surface area contributed by atoms with E-state index >= 15 is 0 Å². The van der Waals surface area contributed by atoms with Crippen LogP contribution in [0.3, 0.4) is 0 Å². The summed E-state index contributed by atoms with van der Waals surface area (Å²) in [5, 5.41) is 2.77. The highest BCUT2D eigenvalue weighted by Crippen LogP contribution is 2.39. The first kappa shape index (κ1) is 27.8. The maximum absolute atomic E-state index is 14.0. The van der Waals surface area contributed by atoms with Gasteiger partial charge in [0, 0.05) is 18.6 Å². The molecule has 0 unspecified atom stereocenters. The van der Waals surface area contributed by atoms with Crippen LogP contribution in [0.15, 0.2) is 41.6 Å². The van der Waals surface area contributed by atoms with Crippen LogP contribution in [0, 0.1) is 18.6 Å². The van der Waals surface area contributed by atoms with Crippen LogP contribution in [0.5, 0.6) is 0 Å². The fraction of sp³-hybridized carbons (Fsp3) is 0.400. The maximum atomic E-state index is 14.0. The maximum Gasteiger partial charge on any atom is 0.422 e. The zero-order valence-corrected chi connectivity index (χ0v) is 21.1. The summed E-state index contributed by atoms with van der Waals surface area (Å²) in [5.41, 5.74) is -1.38. The molecule has 0 bridgehead atoms. The number of alkyl halides is 4. The third-order valence-electron chi connectivity index (χ3n) is 6.37. The van der Waals surface area contributed by atoms with Crippen LogP contribution in [0.25, 0.3) is 5.69 Å². The lowest BCUT2D eigenvalue weighted by atomic mass is 10.0. The minimum absolute atomic E-state index is 0.0599. The minimum atomic E-state index is -5.16. The standard InChI is InChI=1S/C25H24ClF5N4O3/c1-13-11-34(12-32-13)19-4-3-18(35(8-7-26)24(19)37)23(36)33-14(2)20-5-6-21(38-20)15-9-16(27)22(17(28)10-15)25(29,30)31/h3-4,9-12,14,20-21H,5-8H2,1-2H3,(H,33,36)/t14-,20-,21+/m0/s1. The first-order chi connectivity index (χ1) is 17.9. The monoisotopic (exact) mass is 558 g/mol. The molecule has 1 aliphatic rings. The van der Waals surface area contributed by atoms with Gasteiger partial charge in [-0.2, -0.15) is 13.2 Å². The van der Waals surface area contributed by atoms with Gasteiger partial charge < -0.3 is 19.2 Å². The molecule has 1 amide bonds. The number of amides is 1. The van der Waals surface area contributed by atoms with Crippen LogP contribution in [0.1, 0.15) is 53.2 Å². The molecule has 3 heterocycles. The van der Waals surface area contributed by atoms with Crippen LogP contribution >= 0.6 is 11.6 Å². The van der Waals surface area contributed by atoms with E-state index in [2.05, 4.69) is 10.3 Å².